The number of benzene rings is 6. The van der Waals surface area contributed by atoms with Gasteiger partial charge in [0.1, 0.15) is 6.33 Å². The predicted octanol–water partition coefficient (Wildman–Crippen LogP) is 15.8. The van der Waals surface area contributed by atoms with Crippen LogP contribution in [0.2, 0.25) is 5.02 Å². The fourth-order valence-corrected chi connectivity index (χ4v) is 7.76. The largest absolute Gasteiger partial charge is 0.310 e. The highest BCUT2D eigenvalue weighted by Crippen LogP contribution is 2.46. The minimum atomic E-state index is -0.166. The van der Waals surface area contributed by atoms with Crippen molar-refractivity contribution in [2.45, 2.75) is 105 Å². The molecule has 0 fully saturated rings. The quantitative estimate of drug-likeness (QED) is 0.161. The van der Waals surface area contributed by atoms with E-state index in [0.29, 0.717) is 5.02 Å². The average molecular weight is 788 g/mol. The van der Waals surface area contributed by atoms with Gasteiger partial charge in [0, 0.05) is 28.4 Å². The Morgan fingerprint density at radius 1 is 0.431 bits per heavy atom. The van der Waals surface area contributed by atoms with Crippen LogP contribution >= 0.6 is 11.6 Å². The SMILES string of the molecule is CC(C)(C)c1ccc(N(c2ccc(C(C)(C)C)cc2)c2cccc(N(c3ccccc3)c3cc(C(C)(C)C)cc(-n4cnc5ccc(C(C)(C)C)cc54)c3Cl)c2)cc1. The number of fused-ring (bicyclic) bond motifs is 1. The summed E-state index contributed by atoms with van der Waals surface area (Å²) in [6, 6.07) is 48.5. The van der Waals surface area contributed by atoms with Gasteiger partial charge in [0.15, 0.2) is 0 Å². The van der Waals surface area contributed by atoms with Crippen molar-refractivity contribution in [3.63, 3.8) is 0 Å². The number of rotatable bonds is 7. The topological polar surface area (TPSA) is 24.3 Å². The fourth-order valence-electron chi connectivity index (χ4n) is 7.48. The first-order valence-electron chi connectivity index (χ1n) is 20.5. The number of hydrogen-bond donors (Lipinski definition) is 0. The van der Waals surface area contributed by atoms with E-state index in [9.17, 15) is 0 Å². The van der Waals surface area contributed by atoms with Gasteiger partial charge in [-0.3, -0.25) is 4.57 Å². The zero-order chi connectivity index (χ0) is 41.8. The summed E-state index contributed by atoms with van der Waals surface area (Å²) < 4.78 is 2.16. The highest BCUT2D eigenvalue weighted by Gasteiger charge is 2.26. The van der Waals surface area contributed by atoms with Crippen molar-refractivity contribution >= 4 is 56.8 Å². The number of hydrogen-bond acceptors (Lipinski definition) is 3. The molecule has 0 saturated heterocycles. The third-order valence-electron chi connectivity index (χ3n) is 11.2. The summed E-state index contributed by atoms with van der Waals surface area (Å²) in [6.07, 6.45) is 1.91. The lowest BCUT2D eigenvalue weighted by Gasteiger charge is -2.32. The molecule has 0 saturated carbocycles. The van der Waals surface area contributed by atoms with Gasteiger partial charge in [-0.2, -0.15) is 0 Å². The second-order valence-corrected chi connectivity index (χ2v) is 20.1. The number of nitrogens with zero attached hydrogens (tertiary/aromatic N) is 4. The Morgan fingerprint density at radius 2 is 0.897 bits per heavy atom. The molecule has 0 unspecified atom stereocenters. The predicted molar refractivity (Wildman–Crippen MR) is 250 cm³/mol. The molecule has 1 aromatic heterocycles. The van der Waals surface area contributed by atoms with Crippen LogP contribution in [0.5, 0.6) is 0 Å². The zero-order valence-corrected chi connectivity index (χ0v) is 37.2. The van der Waals surface area contributed by atoms with Gasteiger partial charge < -0.3 is 9.80 Å². The van der Waals surface area contributed by atoms with Gasteiger partial charge >= 0.3 is 0 Å². The maximum Gasteiger partial charge on any atom is 0.100 e. The third-order valence-corrected chi connectivity index (χ3v) is 11.5. The van der Waals surface area contributed by atoms with Crippen LogP contribution in [0.4, 0.5) is 34.1 Å². The molecule has 1 heterocycles. The van der Waals surface area contributed by atoms with E-state index in [4.69, 9.17) is 16.6 Å². The molecule has 58 heavy (non-hydrogen) atoms. The van der Waals surface area contributed by atoms with Crippen LogP contribution in [0.1, 0.15) is 105 Å². The second-order valence-electron chi connectivity index (χ2n) is 19.8. The van der Waals surface area contributed by atoms with Crippen molar-refractivity contribution < 1.29 is 0 Å². The van der Waals surface area contributed by atoms with Gasteiger partial charge in [0.2, 0.25) is 0 Å². The molecule has 0 aliphatic heterocycles. The van der Waals surface area contributed by atoms with Crippen molar-refractivity contribution in [1.29, 1.82) is 0 Å². The van der Waals surface area contributed by atoms with E-state index >= 15 is 0 Å². The lowest BCUT2D eigenvalue weighted by Crippen LogP contribution is -2.17. The third kappa shape index (κ3) is 8.31. The van der Waals surface area contributed by atoms with E-state index < -0.39 is 0 Å². The van der Waals surface area contributed by atoms with Gasteiger partial charge in [-0.1, -0.05) is 149 Å². The summed E-state index contributed by atoms with van der Waals surface area (Å²) >= 11 is 7.74. The van der Waals surface area contributed by atoms with Crippen molar-refractivity contribution in [3.8, 4) is 5.69 Å². The van der Waals surface area contributed by atoms with Crippen LogP contribution in [0.25, 0.3) is 16.7 Å². The molecule has 0 bridgehead atoms. The Kier molecular flexibility index (Phi) is 10.7. The molecule has 0 amide bonds. The van der Waals surface area contributed by atoms with E-state index in [1.54, 1.807) is 0 Å². The molecule has 5 heteroatoms. The lowest BCUT2D eigenvalue weighted by molar-refractivity contribution is 0.589. The fraction of sp³-hybridized carbons (Fsp3) is 0.302. The Hall–Kier alpha value is -5.32. The molecule has 0 N–H and O–H groups in total. The number of aromatic nitrogens is 2. The average Bonchev–Trinajstić information content (AvgIpc) is 3.59. The maximum absolute atomic E-state index is 7.74. The minimum absolute atomic E-state index is 0.0161. The second kappa shape index (κ2) is 15.1. The molecule has 298 valence electrons. The molecule has 0 aliphatic carbocycles. The van der Waals surface area contributed by atoms with Crippen LogP contribution < -0.4 is 9.80 Å². The normalized spacial score (nSPS) is 12.6. The van der Waals surface area contributed by atoms with Crippen molar-refractivity contribution in [3.05, 3.63) is 167 Å². The van der Waals surface area contributed by atoms with E-state index in [1.165, 1.54) is 22.3 Å². The van der Waals surface area contributed by atoms with Gasteiger partial charge in [-0.15, -0.1) is 0 Å². The summed E-state index contributed by atoms with van der Waals surface area (Å²) in [4.78, 5) is 9.51. The minimum Gasteiger partial charge on any atom is -0.310 e. The summed E-state index contributed by atoms with van der Waals surface area (Å²) in [6.45, 7) is 27.1. The van der Waals surface area contributed by atoms with Crippen LogP contribution in [0.3, 0.4) is 0 Å². The van der Waals surface area contributed by atoms with E-state index in [0.717, 1.165) is 50.8 Å². The van der Waals surface area contributed by atoms with Crippen LogP contribution in [-0.4, -0.2) is 9.55 Å². The Labute approximate surface area is 352 Å². The maximum atomic E-state index is 7.74. The molecule has 6 aromatic carbocycles. The molecule has 7 aromatic rings. The molecule has 7 rings (SSSR count). The molecule has 0 atom stereocenters. The smallest absolute Gasteiger partial charge is 0.100 e. The van der Waals surface area contributed by atoms with Crippen LogP contribution in [0.15, 0.2) is 140 Å². The molecular weight excluding hydrogens is 728 g/mol. The molecule has 4 nitrogen and oxygen atoms in total. The van der Waals surface area contributed by atoms with Gasteiger partial charge in [-0.25, -0.2) is 4.98 Å². The number of anilines is 6. The van der Waals surface area contributed by atoms with Gasteiger partial charge in [-0.05, 0) is 123 Å². The van der Waals surface area contributed by atoms with Gasteiger partial charge in [0.25, 0.3) is 0 Å². The first kappa shape index (κ1) is 40.9. The summed E-state index contributed by atoms with van der Waals surface area (Å²) in [5.74, 6) is 0. The first-order valence-corrected chi connectivity index (χ1v) is 20.9. The van der Waals surface area contributed by atoms with Crippen LogP contribution in [-0.2, 0) is 21.7 Å². The Bertz CT molecular complexity index is 2480. The molecule has 0 radical (unpaired) electrons. The number of imidazole rings is 1. The number of halogens is 1. The van der Waals surface area contributed by atoms with E-state index in [-0.39, 0.29) is 21.7 Å². The lowest BCUT2D eigenvalue weighted by atomic mass is 9.86. The molecule has 0 aliphatic rings. The van der Waals surface area contributed by atoms with Crippen molar-refractivity contribution in [2.75, 3.05) is 9.80 Å². The zero-order valence-electron chi connectivity index (χ0n) is 36.4. The number of para-hydroxylation sites is 1. The highest BCUT2D eigenvalue weighted by atomic mass is 35.5. The van der Waals surface area contributed by atoms with Crippen LogP contribution in [0, 0.1) is 0 Å². The van der Waals surface area contributed by atoms with E-state index in [2.05, 4.69) is 231 Å². The van der Waals surface area contributed by atoms with E-state index in [1.807, 2.05) is 6.33 Å². The Morgan fingerprint density at radius 3 is 1.41 bits per heavy atom. The van der Waals surface area contributed by atoms with Crippen molar-refractivity contribution in [2.24, 2.45) is 0 Å². The monoisotopic (exact) mass is 786 g/mol. The summed E-state index contributed by atoms with van der Waals surface area (Å²) in [5, 5.41) is 0.648. The first-order chi connectivity index (χ1) is 27.2. The summed E-state index contributed by atoms with van der Waals surface area (Å²) in [5.41, 5.74) is 13.9. The summed E-state index contributed by atoms with van der Waals surface area (Å²) in [7, 11) is 0. The molecule has 0 spiro atoms. The molecular formula is C53H59ClN4. The van der Waals surface area contributed by atoms with Gasteiger partial charge in [0.05, 0.1) is 27.4 Å². The Balaban J connectivity index is 1.45. The highest BCUT2D eigenvalue weighted by molar-refractivity contribution is 6.35. The standard InChI is InChI=1S/C53H59ClN4/c1-50(2,3)36-21-26-41(27-22-36)57(42-28-23-37(24-29-42)51(4,5)6)43-19-16-20-44(34-43)58(40-17-14-13-15-18-40)48-33-39(53(10,11)12)32-47(49(48)54)56-35-55-45-30-25-38(31-46(45)56)52(7,8)9/h13-35H,1-12H3. The van der Waals surface area contributed by atoms with Crippen molar-refractivity contribution in [1.82, 2.24) is 9.55 Å².